The molecule has 0 radical (unpaired) electrons. The molecule has 2 aromatic rings. The number of hydrogen-bond donors (Lipinski definition) is 1. The van der Waals surface area contributed by atoms with E-state index in [2.05, 4.69) is 20.4 Å². The summed E-state index contributed by atoms with van der Waals surface area (Å²) in [5, 5.41) is 7.06. The number of rotatable bonds is 3. The van der Waals surface area contributed by atoms with Gasteiger partial charge in [-0.15, -0.1) is 0 Å². The lowest BCUT2D eigenvalue weighted by Gasteiger charge is -2.09. The van der Waals surface area contributed by atoms with Crippen LogP contribution in [-0.2, 0) is 7.05 Å². The molecule has 0 fully saturated rings. The Bertz CT molecular complexity index is 494. The first kappa shape index (κ1) is 10.4. The molecular formula is C10H13N5O. The van der Waals surface area contributed by atoms with E-state index in [9.17, 15) is 0 Å². The van der Waals surface area contributed by atoms with Crippen molar-refractivity contribution < 1.29 is 4.74 Å². The van der Waals surface area contributed by atoms with Crippen molar-refractivity contribution in [3.8, 4) is 17.0 Å². The normalized spacial score (nSPS) is 10.2. The number of hydrogen-bond acceptors (Lipinski definition) is 5. The molecule has 0 saturated carbocycles. The van der Waals surface area contributed by atoms with Crippen LogP contribution in [0.2, 0.25) is 0 Å². The lowest BCUT2D eigenvalue weighted by atomic mass is 10.2. The van der Waals surface area contributed by atoms with Crippen LogP contribution in [0, 0.1) is 0 Å². The van der Waals surface area contributed by atoms with Crippen molar-refractivity contribution in [3.63, 3.8) is 0 Å². The Hall–Kier alpha value is -2.11. The Balaban J connectivity index is 2.56. The molecule has 0 aliphatic rings. The average molecular weight is 219 g/mol. The maximum atomic E-state index is 5.31. The molecule has 0 aliphatic carbocycles. The fraction of sp³-hybridized carbons (Fsp3) is 0.300. The largest absolute Gasteiger partial charge is 0.491 e. The maximum Gasteiger partial charge on any atom is 0.187 e. The molecule has 0 unspecified atom stereocenters. The van der Waals surface area contributed by atoms with E-state index in [1.165, 1.54) is 6.33 Å². The third-order valence-electron chi connectivity index (χ3n) is 2.22. The van der Waals surface area contributed by atoms with E-state index < -0.39 is 0 Å². The van der Waals surface area contributed by atoms with Crippen LogP contribution in [0.25, 0.3) is 11.3 Å². The summed E-state index contributed by atoms with van der Waals surface area (Å²) < 4.78 is 7.02. The van der Waals surface area contributed by atoms with Gasteiger partial charge in [-0.3, -0.25) is 4.68 Å². The molecule has 0 saturated heterocycles. The Morgan fingerprint density at radius 1 is 1.38 bits per heavy atom. The number of aromatic nitrogens is 4. The number of aryl methyl sites for hydroxylation is 1. The van der Waals surface area contributed by atoms with Crippen LogP contribution in [0.5, 0.6) is 5.75 Å². The Kier molecular flexibility index (Phi) is 2.72. The van der Waals surface area contributed by atoms with Gasteiger partial charge in [0.2, 0.25) is 0 Å². The van der Waals surface area contributed by atoms with Gasteiger partial charge in [0.15, 0.2) is 11.6 Å². The van der Waals surface area contributed by atoms with Gasteiger partial charge in [-0.2, -0.15) is 5.10 Å². The Morgan fingerprint density at radius 3 is 2.75 bits per heavy atom. The summed E-state index contributed by atoms with van der Waals surface area (Å²) in [6.45, 7) is 0. The average Bonchev–Trinajstić information content (AvgIpc) is 2.74. The number of ether oxygens (including phenoxy) is 1. The van der Waals surface area contributed by atoms with Crippen LogP contribution < -0.4 is 10.1 Å². The number of methoxy groups -OCH3 is 1. The van der Waals surface area contributed by atoms with Crippen LogP contribution in [0.4, 0.5) is 5.82 Å². The summed E-state index contributed by atoms with van der Waals surface area (Å²) in [6.07, 6.45) is 5.12. The van der Waals surface area contributed by atoms with Crippen molar-refractivity contribution in [1.82, 2.24) is 19.7 Å². The minimum Gasteiger partial charge on any atom is -0.491 e. The summed E-state index contributed by atoms with van der Waals surface area (Å²) in [5.74, 6) is 1.29. The van der Waals surface area contributed by atoms with E-state index in [0.29, 0.717) is 11.6 Å². The molecule has 0 bridgehead atoms. The first-order valence-corrected chi connectivity index (χ1v) is 4.82. The summed E-state index contributed by atoms with van der Waals surface area (Å²) in [6, 6.07) is 0. The van der Waals surface area contributed by atoms with Crippen LogP contribution in [0.15, 0.2) is 18.7 Å². The second kappa shape index (κ2) is 4.18. The highest BCUT2D eigenvalue weighted by atomic mass is 16.5. The van der Waals surface area contributed by atoms with Gasteiger partial charge in [0.1, 0.15) is 12.0 Å². The highest BCUT2D eigenvalue weighted by Crippen LogP contribution is 2.31. The van der Waals surface area contributed by atoms with Crippen molar-refractivity contribution in [3.05, 3.63) is 18.7 Å². The zero-order valence-electron chi connectivity index (χ0n) is 9.43. The molecular weight excluding hydrogens is 206 g/mol. The van der Waals surface area contributed by atoms with Gasteiger partial charge >= 0.3 is 0 Å². The molecule has 2 heterocycles. The highest BCUT2D eigenvalue weighted by molar-refractivity contribution is 5.71. The zero-order valence-corrected chi connectivity index (χ0v) is 9.43. The van der Waals surface area contributed by atoms with Crippen molar-refractivity contribution in [2.45, 2.75) is 0 Å². The summed E-state index contributed by atoms with van der Waals surface area (Å²) in [7, 11) is 5.24. The third kappa shape index (κ3) is 1.69. The number of nitrogens with zero attached hydrogens (tertiary/aromatic N) is 4. The van der Waals surface area contributed by atoms with Crippen molar-refractivity contribution in [2.24, 2.45) is 7.05 Å². The third-order valence-corrected chi connectivity index (χ3v) is 2.22. The molecule has 0 spiro atoms. The summed E-state index contributed by atoms with van der Waals surface area (Å²) >= 11 is 0. The van der Waals surface area contributed by atoms with E-state index in [4.69, 9.17) is 4.74 Å². The van der Waals surface area contributed by atoms with E-state index in [1.807, 2.05) is 13.2 Å². The van der Waals surface area contributed by atoms with E-state index in [-0.39, 0.29) is 0 Å². The van der Waals surface area contributed by atoms with E-state index in [1.54, 1.807) is 25.0 Å². The van der Waals surface area contributed by atoms with Gasteiger partial charge in [0.25, 0.3) is 0 Å². The second-order valence-electron chi connectivity index (χ2n) is 3.26. The zero-order chi connectivity index (χ0) is 11.5. The topological polar surface area (TPSA) is 64.9 Å². The molecule has 0 atom stereocenters. The highest BCUT2D eigenvalue weighted by Gasteiger charge is 2.13. The van der Waals surface area contributed by atoms with Gasteiger partial charge in [-0.25, -0.2) is 9.97 Å². The first-order chi connectivity index (χ1) is 7.76. The first-order valence-electron chi connectivity index (χ1n) is 4.82. The van der Waals surface area contributed by atoms with Crippen LogP contribution in [0.1, 0.15) is 0 Å². The molecule has 2 aromatic heterocycles. The minimum absolute atomic E-state index is 0.623. The van der Waals surface area contributed by atoms with Crippen LogP contribution in [0.3, 0.4) is 0 Å². The lowest BCUT2D eigenvalue weighted by Crippen LogP contribution is -2.00. The minimum atomic E-state index is 0.623. The van der Waals surface area contributed by atoms with Gasteiger partial charge in [-0.05, 0) is 0 Å². The maximum absolute atomic E-state index is 5.31. The lowest BCUT2D eigenvalue weighted by molar-refractivity contribution is 0.415. The fourth-order valence-electron chi connectivity index (χ4n) is 1.49. The van der Waals surface area contributed by atoms with Crippen LogP contribution >= 0.6 is 0 Å². The van der Waals surface area contributed by atoms with Gasteiger partial charge in [0.05, 0.1) is 13.3 Å². The van der Waals surface area contributed by atoms with Crippen molar-refractivity contribution >= 4 is 5.82 Å². The molecule has 6 nitrogen and oxygen atoms in total. The molecule has 6 heteroatoms. The predicted molar refractivity (Wildman–Crippen MR) is 60.3 cm³/mol. The van der Waals surface area contributed by atoms with E-state index >= 15 is 0 Å². The molecule has 0 amide bonds. The molecule has 84 valence electrons. The SMILES string of the molecule is CNc1ncnc(-c2cnn(C)c2)c1OC. The number of anilines is 1. The predicted octanol–water partition coefficient (Wildman–Crippen LogP) is 0.927. The van der Waals surface area contributed by atoms with Gasteiger partial charge in [0, 0.05) is 25.9 Å². The van der Waals surface area contributed by atoms with Crippen molar-refractivity contribution in [2.75, 3.05) is 19.5 Å². The van der Waals surface area contributed by atoms with Crippen LogP contribution in [-0.4, -0.2) is 33.9 Å². The quantitative estimate of drug-likeness (QED) is 0.831. The fourth-order valence-corrected chi connectivity index (χ4v) is 1.49. The summed E-state index contributed by atoms with van der Waals surface area (Å²) in [4.78, 5) is 8.30. The molecule has 0 aromatic carbocycles. The summed E-state index contributed by atoms with van der Waals surface area (Å²) in [5.41, 5.74) is 1.63. The Morgan fingerprint density at radius 2 is 2.19 bits per heavy atom. The smallest absolute Gasteiger partial charge is 0.187 e. The number of nitrogens with one attached hydrogen (secondary N) is 1. The Labute approximate surface area is 93.3 Å². The van der Waals surface area contributed by atoms with Gasteiger partial charge < -0.3 is 10.1 Å². The second-order valence-corrected chi connectivity index (χ2v) is 3.26. The van der Waals surface area contributed by atoms with Gasteiger partial charge in [-0.1, -0.05) is 0 Å². The van der Waals surface area contributed by atoms with E-state index in [0.717, 1.165) is 11.3 Å². The molecule has 16 heavy (non-hydrogen) atoms. The standard InChI is InChI=1S/C10H13N5O/c1-11-10-9(16-3)8(12-6-13-10)7-4-14-15(2)5-7/h4-6H,1-3H3,(H,11,12,13). The molecule has 1 N–H and O–H groups in total. The monoisotopic (exact) mass is 219 g/mol. The molecule has 0 aliphatic heterocycles. The van der Waals surface area contributed by atoms with Crippen molar-refractivity contribution in [1.29, 1.82) is 0 Å². The molecule has 2 rings (SSSR count).